The molecule has 3 heteroatoms. The number of nitrogens with zero attached hydrogens (tertiary/aromatic N) is 1. The van der Waals surface area contributed by atoms with Crippen LogP contribution in [-0.2, 0) is 10.3 Å². The lowest BCUT2D eigenvalue weighted by Crippen LogP contribution is -2.46. The summed E-state index contributed by atoms with van der Waals surface area (Å²) in [5.74, 6) is 0.0775. The summed E-state index contributed by atoms with van der Waals surface area (Å²) in [4.78, 5) is 13.3. The monoisotopic (exact) mass is 190 g/mol. The second-order valence-corrected chi connectivity index (χ2v) is 4.06. The summed E-state index contributed by atoms with van der Waals surface area (Å²) in [6, 6.07) is 7.79. The molecule has 0 aromatic heterocycles. The summed E-state index contributed by atoms with van der Waals surface area (Å²) >= 11 is 0. The second kappa shape index (κ2) is 2.82. The molecule has 1 unspecified atom stereocenters. The number of rotatable bonds is 0. The highest BCUT2D eigenvalue weighted by atomic mass is 16.2. The van der Waals surface area contributed by atoms with E-state index in [0.717, 1.165) is 11.3 Å². The van der Waals surface area contributed by atoms with Gasteiger partial charge in [0, 0.05) is 24.7 Å². The average Bonchev–Trinajstić information content (AvgIpc) is 2.14. The minimum atomic E-state index is -0.528. The first-order chi connectivity index (χ1) is 6.52. The van der Waals surface area contributed by atoms with Gasteiger partial charge >= 0.3 is 0 Å². The van der Waals surface area contributed by atoms with Crippen molar-refractivity contribution in [2.75, 3.05) is 11.9 Å². The molecule has 1 heterocycles. The van der Waals surface area contributed by atoms with Crippen LogP contribution in [0.1, 0.15) is 18.9 Å². The third-order valence-electron chi connectivity index (χ3n) is 2.77. The highest BCUT2D eigenvalue weighted by Gasteiger charge is 2.34. The number of fused-ring (bicyclic) bond motifs is 1. The van der Waals surface area contributed by atoms with Crippen LogP contribution in [0.4, 0.5) is 5.69 Å². The number of hydrogen-bond donors (Lipinski definition) is 1. The largest absolute Gasteiger partial charge is 0.321 e. The lowest BCUT2D eigenvalue weighted by atomic mass is 9.84. The molecule has 1 aliphatic heterocycles. The number of anilines is 1. The van der Waals surface area contributed by atoms with Gasteiger partial charge in [0.25, 0.3) is 0 Å². The molecule has 0 bridgehead atoms. The van der Waals surface area contributed by atoms with E-state index in [4.69, 9.17) is 5.73 Å². The minimum absolute atomic E-state index is 0.0775. The van der Waals surface area contributed by atoms with Crippen LogP contribution in [0.2, 0.25) is 0 Å². The fourth-order valence-corrected chi connectivity index (χ4v) is 1.91. The molecule has 1 atom stereocenters. The molecule has 3 nitrogen and oxygen atoms in total. The van der Waals surface area contributed by atoms with Crippen molar-refractivity contribution in [1.82, 2.24) is 0 Å². The Hall–Kier alpha value is -1.35. The summed E-state index contributed by atoms with van der Waals surface area (Å²) in [6.07, 6.45) is 0.376. The molecule has 0 spiro atoms. The van der Waals surface area contributed by atoms with Crippen molar-refractivity contribution < 1.29 is 4.79 Å². The molecule has 2 rings (SSSR count). The molecule has 0 aliphatic carbocycles. The third-order valence-corrected chi connectivity index (χ3v) is 2.77. The van der Waals surface area contributed by atoms with Crippen molar-refractivity contribution in [1.29, 1.82) is 0 Å². The summed E-state index contributed by atoms with van der Waals surface area (Å²) in [7, 11) is 1.79. The molecule has 0 fully saturated rings. The summed E-state index contributed by atoms with van der Waals surface area (Å²) in [6.45, 7) is 1.90. The van der Waals surface area contributed by atoms with E-state index in [1.807, 2.05) is 31.2 Å². The normalized spacial score (nSPS) is 26.2. The van der Waals surface area contributed by atoms with E-state index >= 15 is 0 Å². The summed E-state index contributed by atoms with van der Waals surface area (Å²) < 4.78 is 0. The van der Waals surface area contributed by atoms with Crippen molar-refractivity contribution in [3.05, 3.63) is 29.8 Å². The number of carbonyl (C=O) groups is 1. The number of nitrogens with two attached hydrogens (primary N) is 1. The van der Waals surface area contributed by atoms with Crippen LogP contribution in [0.5, 0.6) is 0 Å². The SMILES string of the molecule is CN1C(=O)CC(C)(N)c2ccccc21. The molecule has 1 aromatic rings. The molecule has 74 valence electrons. The molecule has 0 radical (unpaired) electrons. The lowest BCUT2D eigenvalue weighted by Gasteiger charge is -2.36. The van der Waals surface area contributed by atoms with Crippen molar-refractivity contribution in [2.45, 2.75) is 18.9 Å². The first-order valence-corrected chi connectivity index (χ1v) is 4.67. The summed E-state index contributed by atoms with van der Waals surface area (Å²) in [5, 5.41) is 0. The molecule has 14 heavy (non-hydrogen) atoms. The van der Waals surface area contributed by atoms with Gasteiger partial charge in [0.15, 0.2) is 0 Å². The zero-order chi connectivity index (χ0) is 10.3. The Bertz CT molecular complexity index is 385. The van der Waals surface area contributed by atoms with E-state index in [2.05, 4.69) is 0 Å². The van der Waals surface area contributed by atoms with Crippen LogP contribution >= 0.6 is 0 Å². The van der Waals surface area contributed by atoms with Gasteiger partial charge in [0.1, 0.15) is 0 Å². The Morgan fingerprint density at radius 3 is 2.79 bits per heavy atom. The number of hydrogen-bond acceptors (Lipinski definition) is 2. The molecule has 0 saturated heterocycles. The van der Waals surface area contributed by atoms with Gasteiger partial charge in [-0.2, -0.15) is 0 Å². The molecule has 1 aliphatic rings. The van der Waals surface area contributed by atoms with Gasteiger partial charge in [0.2, 0.25) is 5.91 Å². The number of para-hydroxylation sites is 1. The van der Waals surface area contributed by atoms with E-state index in [0.29, 0.717) is 6.42 Å². The predicted octanol–water partition coefficient (Wildman–Crippen LogP) is 1.23. The van der Waals surface area contributed by atoms with Gasteiger partial charge in [-0.1, -0.05) is 18.2 Å². The molecule has 0 saturated carbocycles. The molecule has 1 amide bonds. The van der Waals surface area contributed by atoms with E-state index < -0.39 is 5.54 Å². The van der Waals surface area contributed by atoms with Gasteiger partial charge in [-0.05, 0) is 18.6 Å². The minimum Gasteiger partial charge on any atom is -0.321 e. The van der Waals surface area contributed by atoms with Crippen LogP contribution < -0.4 is 10.6 Å². The molecular weight excluding hydrogens is 176 g/mol. The predicted molar refractivity (Wildman–Crippen MR) is 56.0 cm³/mol. The Kier molecular flexibility index (Phi) is 1.86. The van der Waals surface area contributed by atoms with Crippen LogP contribution in [-0.4, -0.2) is 13.0 Å². The topological polar surface area (TPSA) is 46.3 Å². The first-order valence-electron chi connectivity index (χ1n) is 4.67. The Morgan fingerprint density at radius 1 is 1.43 bits per heavy atom. The zero-order valence-corrected chi connectivity index (χ0v) is 8.45. The molecular formula is C11H14N2O. The van der Waals surface area contributed by atoms with Crippen LogP contribution in [0.25, 0.3) is 0 Å². The molecule has 2 N–H and O–H groups in total. The maximum Gasteiger partial charge on any atom is 0.228 e. The highest BCUT2D eigenvalue weighted by molar-refractivity contribution is 5.97. The fraction of sp³-hybridized carbons (Fsp3) is 0.364. The summed E-state index contributed by atoms with van der Waals surface area (Å²) in [5.41, 5.74) is 7.54. The van der Waals surface area contributed by atoms with Gasteiger partial charge in [-0.3, -0.25) is 4.79 Å². The van der Waals surface area contributed by atoms with E-state index in [1.165, 1.54) is 0 Å². The highest BCUT2D eigenvalue weighted by Crippen LogP contribution is 2.35. The maximum absolute atomic E-state index is 11.6. The van der Waals surface area contributed by atoms with Gasteiger partial charge < -0.3 is 10.6 Å². The molecule has 1 aromatic carbocycles. The van der Waals surface area contributed by atoms with E-state index in [-0.39, 0.29) is 5.91 Å². The van der Waals surface area contributed by atoms with Crippen molar-refractivity contribution in [2.24, 2.45) is 5.73 Å². The second-order valence-electron chi connectivity index (χ2n) is 4.06. The smallest absolute Gasteiger partial charge is 0.228 e. The Balaban J connectivity index is 2.61. The van der Waals surface area contributed by atoms with Gasteiger partial charge in [-0.15, -0.1) is 0 Å². The average molecular weight is 190 g/mol. The number of carbonyl (C=O) groups excluding carboxylic acids is 1. The van der Waals surface area contributed by atoms with Crippen LogP contribution in [0.15, 0.2) is 24.3 Å². The van der Waals surface area contributed by atoms with Crippen LogP contribution in [0.3, 0.4) is 0 Å². The Labute approximate surface area is 83.5 Å². The standard InChI is InChI=1S/C11H14N2O/c1-11(12)7-10(14)13(2)9-6-4-3-5-8(9)11/h3-6H,7,12H2,1-2H3. The van der Waals surface area contributed by atoms with Gasteiger partial charge in [0.05, 0.1) is 0 Å². The lowest BCUT2D eigenvalue weighted by molar-refractivity contribution is -0.119. The maximum atomic E-state index is 11.6. The van der Waals surface area contributed by atoms with E-state index in [9.17, 15) is 4.79 Å². The van der Waals surface area contributed by atoms with E-state index in [1.54, 1.807) is 11.9 Å². The third kappa shape index (κ3) is 1.21. The Morgan fingerprint density at radius 2 is 2.07 bits per heavy atom. The van der Waals surface area contributed by atoms with Crippen LogP contribution in [0, 0.1) is 0 Å². The quantitative estimate of drug-likeness (QED) is 0.668. The van der Waals surface area contributed by atoms with Crippen molar-refractivity contribution in [3.8, 4) is 0 Å². The first kappa shape index (κ1) is 9.21. The number of benzene rings is 1. The number of amides is 1. The van der Waals surface area contributed by atoms with Crippen molar-refractivity contribution in [3.63, 3.8) is 0 Å². The van der Waals surface area contributed by atoms with Crippen molar-refractivity contribution >= 4 is 11.6 Å². The zero-order valence-electron chi connectivity index (χ0n) is 8.45. The fourth-order valence-electron chi connectivity index (χ4n) is 1.91. The van der Waals surface area contributed by atoms with Gasteiger partial charge in [-0.25, -0.2) is 0 Å².